The van der Waals surface area contributed by atoms with Crippen LogP contribution in [0.4, 0.5) is 0 Å². The lowest BCUT2D eigenvalue weighted by Gasteiger charge is -2.16. The fourth-order valence-electron chi connectivity index (χ4n) is 2.28. The minimum absolute atomic E-state index is 0. The van der Waals surface area contributed by atoms with Gasteiger partial charge in [0.15, 0.2) is 0 Å². The third-order valence-corrected chi connectivity index (χ3v) is 3.45. The van der Waals surface area contributed by atoms with Gasteiger partial charge in [0.1, 0.15) is 5.75 Å². The van der Waals surface area contributed by atoms with Gasteiger partial charge in [-0.3, -0.25) is 0 Å². The second kappa shape index (κ2) is 8.13. The first-order chi connectivity index (χ1) is 9.26. The molecule has 2 nitrogen and oxygen atoms in total. The predicted molar refractivity (Wildman–Crippen MR) is 89.0 cm³/mol. The molecule has 2 N–H and O–H groups in total. The van der Waals surface area contributed by atoms with Gasteiger partial charge in [-0.2, -0.15) is 0 Å². The number of nitrogens with two attached hydrogens (primary N) is 1. The van der Waals surface area contributed by atoms with Gasteiger partial charge in [-0.15, -0.1) is 12.4 Å². The molecule has 20 heavy (non-hydrogen) atoms. The van der Waals surface area contributed by atoms with E-state index in [1.807, 2.05) is 0 Å². The Kier molecular flexibility index (Phi) is 6.83. The largest absolute Gasteiger partial charge is 0.493 e. The third kappa shape index (κ3) is 3.87. The van der Waals surface area contributed by atoms with E-state index < -0.39 is 0 Å². The molecule has 3 heteroatoms. The van der Waals surface area contributed by atoms with Gasteiger partial charge in [0.25, 0.3) is 0 Å². The Morgan fingerprint density at radius 3 is 2.55 bits per heavy atom. The molecule has 0 bridgehead atoms. The maximum Gasteiger partial charge on any atom is 0.123 e. The van der Waals surface area contributed by atoms with E-state index in [1.165, 1.54) is 16.3 Å². The molecule has 0 heterocycles. The van der Waals surface area contributed by atoms with Crippen molar-refractivity contribution in [2.24, 2.45) is 5.73 Å². The average molecular weight is 294 g/mol. The van der Waals surface area contributed by atoms with Crippen LogP contribution in [-0.2, 0) is 6.42 Å². The van der Waals surface area contributed by atoms with E-state index in [9.17, 15) is 0 Å². The Morgan fingerprint density at radius 2 is 1.85 bits per heavy atom. The van der Waals surface area contributed by atoms with Crippen LogP contribution in [0.1, 0.15) is 32.3 Å². The van der Waals surface area contributed by atoms with Crippen LogP contribution in [0.2, 0.25) is 0 Å². The van der Waals surface area contributed by atoms with Crippen molar-refractivity contribution in [1.29, 1.82) is 0 Å². The van der Waals surface area contributed by atoms with Gasteiger partial charge in [0.2, 0.25) is 0 Å². The maximum atomic E-state index is 6.14. The van der Waals surface area contributed by atoms with Crippen LogP contribution >= 0.6 is 12.4 Å². The molecule has 0 saturated heterocycles. The lowest BCUT2D eigenvalue weighted by atomic mass is 9.97. The molecular weight excluding hydrogens is 270 g/mol. The van der Waals surface area contributed by atoms with Gasteiger partial charge in [-0.25, -0.2) is 0 Å². The molecule has 1 unspecified atom stereocenters. The van der Waals surface area contributed by atoms with Gasteiger partial charge >= 0.3 is 0 Å². The lowest BCUT2D eigenvalue weighted by molar-refractivity contribution is 0.314. The Balaban J connectivity index is 0.00000200. The summed E-state index contributed by atoms with van der Waals surface area (Å²) in [6, 6.07) is 12.8. The first-order valence-electron chi connectivity index (χ1n) is 7.15. The minimum Gasteiger partial charge on any atom is -0.493 e. The first kappa shape index (κ1) is 16.8. The van der Waals surface area contributed by atoms with E-state index in [2.05, 4.69) is 50.2 Å². The Labute approximate surface area is 127 Å². The first-order valence-corrected chi connectivity index (χ1v) is 7.15. The number of fused-ring (bicyclic) bond motifs is 1. The molecule has 0 amide bonds. The van der Waals surface area contributed by atoms with Crippen molar-refractivity contribution in [2.45, 2.75) is 39.2 Å². The highest BCUT2D eigenvalue weighted by molar-refractivity contribution is 5.87. The number of ether oxygens (including phenoxy) is 1. The van der Waals surface area contributed by atoms with Crippen molar-refractivity contribution in [3.05, 3.63) is 42.0 Å². The van der Waals surface area contributed by atoms with Gasteiger partial charge in [0.05, 0.1) is 6.61 Å². The summed E-state index contributed by atoms with van der Waals surface area (Å²) in [7, 11) is 0. The topological polar surface area (TPSA) is 35.2 Å². The molecule has 0 saturated carbocycles. The van der Waals surface area contributed by atoms with Crippen molar-refractivity contribution >= 4 is 23.2 Å². The maximum absolute atomic E-state index is 6.14. The van der Waals surface area contributed by atoms with E-state index in [4.69, 9.17) is 10.5 Å². The fraction of sp³-hybridized carbons (Fsp3) is 0.412. The summed E-state index contributed by atoms with van der Waals surface area (Å²) in [4.78, 5) is 0. The molecule has 0 fully saturated rings. The number of rotatable bonds is 6. The molecule has 2 aromatic rings. The zero-order chi connectivity index (χ0) is 13.7. The summed E-state index contributed by atoms with van der Waals surface area (Å²) in [5, 5.41) is 2.52. The summed E-state index contributed by atoms with van der Waals surface area (Å²) in [6.07, 6.45) is 2.87. The summed E-state index contributed by atoms with van der Waals surface area (Å²) < 4.78 is 5.88. The average Bonchev–Trinajstić information content (AvgIpc) is 2.46. The van der Waals surface area contributed by atoms with E-state index >= 15 is 0 Å². The summed E-state index contributed by atoms with van der Waals surface area (Å²) >= 11 is 0. The molecule has 1 atom stereocenters. The van der Waals surface area contributed by atoms with Crippen LogP contribution in [0.3, 0.4) is 0 Å². The molecular formula is C17H24ClNO. The standard InChI is InChI=1S/C17H23NO.ClH/c1-3-11-19-17-10-9-13-7-5-6-8-15(13)16(17)12-14(18)4-2;/h5-10,14H,3-4,11-12,18H2,1-2H3;1H. The van der Waals surface area contributed by atoms with Crippen LogP contribution in [-0.4, -0.2) is 12.6 Å². The monoisotopic (exact) mass is 293 g/mol. The summed E-state index contributed by atoms with van der Waals surface area (Å²) in [5.74, 6) is 0.990. The highest BCUT2D eigenvalue weighted by Crippen LogP contribution is 2.29. The normalized spacial score (nSPS) is 11.9. The molecule has 0 aliphatic heterocycles. The zero-order valence-corrected chi connectivity index (χ0v) is 13.1. The molecule has 0 aliphatic carbocycles. The smallest absolute Gasteiger partial charge is 0.123 e. The second-order valence-electron chi connectivity index (χ2n) is 4.98. The zero-order valence-electron chi connectivity index (χ0n) is 12.3. The van der Waals surface area contributed by atoms with E-state index in [-0.39, 0.29) is 18.4 Å². The highest BCUT2D eigenvalue weighted by atomic mass is 35.5. The minimum atomic E-state index is 0. The number of halogens is 1. The molecule has 0 spiro atoms. The summed E-state index contributed by atoms with van der Waals surface area (Å²) in [6.45, 7) is 5.01. The van der Waals surface area contributed by atoms with E-state index in [0.29, 0.717) is 0 Å². The second-order valence-corrected chi connectivity index (χ2v) is 4.98. The van der Waals surface area contributed by atoms with Gasteiger partial charge in [0, 0.05) is 11.6 Å². The molecule has 2 rings (SSSR count). The third-order valence-electron chi connectivity index (χ3n) is 3.45. The Hall–Kier alpha value is -1.25. The molecule has 2 aromatic carbocycles. The number of hydrogen-bond acceptors (Lipinski definition) is 2. The van der Waals surface area contributed by atoms with Gasteiger partial charge in [-0.1, -0.05) is 44.2 Å². The number of benzene rings is 2. The van der Waals surface area contributed by atoms with Crippen LogP contribution < -0.4 is 10.5 Å². The van der Waals surface area contributed by atoms with Crippen LogP contribution in [0.25, 0.3) is 10.8 Å². The molecule has 0 aromatic heterocycles. The van der Waals surface area contributed by atoms with Crippen molar-refractivity contribution in [2.75, 3.05) is 6.61 Å². The van der Waals surface area contributed by atoms with Crippen molar-refractivity contribution in [3.63, 3.8) is 0 Å². The van der Waals surface area contributed by atoms with E-state index in [0.717, 1.165) is 31.6 Å². The molecule has 0 aliphatic rings. The lowest BCUT2D eigenvalue weighted by Crippen LogP contribution is -2.22. The SMILES string of the molecule is CCCOc1ccc2ccccc2c1CC(N)CC.Cl. The molecule has 0 radical (unpaired) electrons. The summed E-state index contributed by atoms with van der Waals surface area (Å²) in [5.41, 5.74) is 7.39. The quantitative estimate of drug-likeness (QED) is 0.860. The Morgan fingerprint density at radius 1 is 1.10 bits per heavy atom. The van der Waals surface area contributed by atoms with Crippen molar-refractivity contribution in [3.8, 4) is 5.75 Å². The van der Waals surface area contributed by atoms with Crippen LogP contribution in [0, 0.1) is 0 Å². The number of hydrogen-bond donors (Lipinski definition) is 1. The fourth-order valence-corrected chi connectivity index (χ4v) is 2.28. The van der Waals surface area contributed by atoms with E-state index in [1.54, 1.807) is 0 Å². The molecule has 110 valence electrons. The van der Waals surface area contributed by atoms with Crippen molar-refractivity contribution in [1.82, 2.24) is 0 Å². The van der Waals surface area contributed by atoms with Crippen LogP contribution in [0.15, 0.2) is 36.4 Å². The van der Waals surface area contributed by atoms with Crippen molar-refractivity contribution < 1.29 is 4.74 Å². The van der Waals surface area contributed by atoms with Gasteiger partial charge in [-0.05, 0) is 36.1 Å². The highest BCUT2D eigenvalue weighted by Gasteiger charge is 2.11. The Bertz CT molecular complexity index is 542. The predicted octanol–water partition coefficient (Wildman–Crippen LogP) is 4.33. The van der Waals surface area contributed by atoms with Gasteiger partial charge < -0.3 is 10.5 Å². The van der Waals surface area contributed by atoms with Crippen LogP contribution in [0.5, 0.6) is 5.75 Å².